The van der Waals surface area contributed by atoms with Crippen molar-refractivity contribution in [3.8, 4) is 5.75 Å². The summed E-state index contributed by atoms with van der Waals surface area (Å²) in [6.45, 7) is 4.12. The largest absolute Gasteiger partial charge is 0.488 e. The van der Waals surface area contributed by atoms with Crippen molar-refractivity contribution in [1.29, 1.82) is 0 Å². The van der Waals surface area contributed by atoms with Gasteiger partial charge in [0.05, 0.1) is 16.9 Å². The fourth-order valence-corrected chi connectivity index (χ4v) is 3.71. The van der Waals surface area contributed by atoms with Crippen molar-refractivity contribution in [3.05, 3.63) is 58.5 Å². The van der Waals surface area contributed by atoms with Crippen molar-refractivity contribution in [3.63, 3.8) is 0 Å². The summed E-state index contributed by atoms with van der Waals surface area (Å²) >= 11 is 6.40. The molecule has 2 N–H and O–H groups in total. The quantitative estimate of drug-likeness (QED) is 0.513. The highest BCUT2D eigenvalue weighted by molar-refractivity contribution is 6.32. The normalized spacial score (nSPS) is 13.4. The summed E-state index contributed by atoms with van der Waals surface area (Å²) in [5.41, 5.74) is 3.09. The topological polar surface area (TPSA) is 87.6 Å². The maximum absolute atomic E-state index is 13.4. The summed E-state index contributed by atoms with van der Waals surface area (Å²) in [6.07, 6.45) is 6.03. The van der Waals surface area contributed by atoms with Gasteiger partial charge in [-0.15, -0.1) is 5.10 Å². The molecule has 3 rings (SSSR count). The Kier molecular flexibility index (Phi) is 7.69. The Morgan fingerprint density at radius 2 is 2.19 bits per heavy atom. The van der Waals surface area contributed by atoms with Crippen LogP contribution in [0.4, 0.5) is 21.6 Å². The van der Waals surface area contributed by atoms with E-state index in [4.69, 9.17) is 21.4 Å². The monoisotopic (exact) mass is 460 g/mol. The van der Waals surface area contributed by atoms with Crippen LogP contribution in [0.5, 0.6) is 5.75 Å². The van der Waals surface area contributed by atoms with Gasteiger partial charge in [-0.05, 0) is 54.7 Å². The fourth-order valence-electron chi connectivity index (χ4n) is 3.48. The highest BCUT2D eigenvalue weighted by Gasteiger charge is 2.19. The van der Waals surface area contributed by atoms with E-state index < -0.39 is 5.97 Å². The van der Waals surface area contributed by atoms with Gasteiger partial charge in [-0.1, -0.05) is 25.4 Å². The van der Waals surface area contributed by atoms with Crippen LogP contribution in [0.2, 0.25) is 5.02 Å². The predicted octanol–water partition coefficient (Wildman–Crippen LogP) is 5.47. The molecule has 0 radical (unpaired) electrons. The van der Waals surface area contributed by atoms with Gasteiger partial charge in [-0.25, -0.2) is 4.39 Å². The number of rotatable bonds is 9. The van der Waals surface area contributed by atoms with Crippen LogP contribution in [0.1, 0.15) is 38.2 Å². The van der Waals surface area contributed by atoms with Crippen LogP contribution in [0.15, 0.2) is 47.9 Å². The molecule has 1 aliphatic carbocycles. The molecule has 9 heteroatoms. The lowest BCUT2D eigenvalue weighted by Crippen LogP contribution is -2.27. The minimum atomic E-state index is -0.932. The lowest BCUT2D eigenvalue weighted by Gasteiger charge is -2.23. The van der Waals surface area contributed by atoms with Gasteiger partial charge in [0.2, 0.25) is 0 Å². The van der Waals surface area contributed by atoms with Gasteiger partial charge in [-0.3, -0.25) is 4.79 Å². The summed E-state index contributed by atoms with van der Waals surface area (Å²) in [5, 5.41) is 21.0. The van der Waals surface area contributed by atoms with Crippen LogP contribution in [-0.4, -0.2) is 41.5 Å². The molecule has 0 bridgehead atoms. The zero-order valence-electron chi connectivity index (χ0n) is 18.2. The van der Waals surface area contributed by atoms with Crippen molar-refractivity contribution >= 4 is 34.8 Å². The average molecular weight is 461 g/mol. The second kappa shape index (κ2) is 10.5. The zero-order valence-corrected chi connectivity index (χ0v) is 19.0. The third kappa shape index (κ3) is 5.97. The molecule has 1 aromatic heterocycles. The summed E-state index contributed by atoms with van der Waals surface area (Å²) < 4.78 is 19.1. The first-order valence-electron chi connectivity index (χ1n) is 10.3. The van der Waals surface area contributed by atoms with Crippen molar-refractivity contribution in [2.45, 2.75) is 32.6 Å². The second-order valence-corrected chi connectivity index (χ2v) is 8.29. The summed E-state index contributed by atoms with van der Waals surface area (Å²) in [6, 6.07) is 5.26. The van der Waals surface area contributed by atoms with Gasteiger partial charge in [0.1, 0.15) is 24.7 Å². The molecule has 7 nitrogen and oxygen atoms in total. The number of likely N-dealkylation sites (N-methyl/N-ethyl adjacent to an activating group) is 1. The number of halogens is 2. The number of aromatic nitrogens is 2. The number of aliphatic carboxylic acids is 1. The summed E-state index contributed by atoms with van der Waals surface area (Å²) in [7, 11) is 1.70. The van der Waals surface area contributed by atoms with E-state index in [-0.39, 0.29) is 24.9 Å². The summed E-state index contributed by atoms with van der Waals surface area (Å²) in [5.74, 6) is -0.0831. The third-order valence-electron chi connectivity index (χ3n) is 4.98. The molecular formula is C23H26ClFN4O3. The van der Waals surface area contributed by atoms with Crippen LogP contribution in [0.25, 0.3) is 0 Å². The molecule has 0 unspecified atom stereocenters. The molecule has 0 spiro atoms. The van der Waals surface area contributed by atoms with E-state index in [0.29, 0.717) is 34.4 Å². The van der Waals surface area contributed by atoms with Gasteiger partial charge in [-0.2, -0.15) is 5.10 Å². The van der Waals surface area contributed by atoms with Crippen molar-refractivity contribution in [1.82, 2.24) is 10.2 Å². The van der Waals surface area contributed by atoms with E-state index in [1.807, 2.05) is 13.8 Å². The minimum Gasteiger partial charge on any atom is -0.488 e. The van der Waals surface area contributed by atoms with Gasteiger partial charge in [0.25, 0.3) is 0 Å². The van der Waals surface area contributed by atoms with Gasteiger partial charge in [0, 0.05) is 18.3 Å². The first-order chi connectivity index (χ1) is 15.2. The van der Waals surface area contributed by atoms with Gasteiger partial charge in [0.15, 0.2) is 5.82 Å². The number of carboxylic acids is 1. The molecule has 2 aromatic rings. The second-order valence-electron chi connectivity index (χ2n) is 7.89. The number of hydrogen-bond acceptors (Lipinski definition) is 6. The molecule has 0 saturated carbocycles. The maximum Gasteiger partial charge on any atom is 0.323 e. The molecule has 0 amide bonds. The molecule has 0 fully saturated rings. The number of benzene rings is 1. The molecule has 32 heavy (non-hydrogen) atoms. The Morgan fingerprint density at radius 3 is 2.84 bits per heavy atom. The van der Waals surface area contributed by atoms with Crippen LogP contribution in [0, 0.1) is 0 Å². The lowest BCUT2D eigenvalue weighted by molar-refractivity contribution is -0.135. The smallest absolute Gasteiger partial charge is 0.323 e. The van der Waals surface area contributed by atoms with Crippen molar-refractivity contribution in [2.75, 3.05) is 30.4 Å². The van der Waals surface area contributed by atoms with Gasteiger partial charge >= 0.3 is 5.97 Å². The molecule has 0 atom stereocenters. The summed E-state index contributed by atoms with van der Waals surface area (Å²) in [4.78, 5) is 12.8. The Balaban J connectivity index is 1.78. The molecule has 1 aromatic carbocycles. The van der Waals surface area contributed by atoms with Crippen LogP contribution >= 0.6 is 11.6 Å². The van der Waals surface area contributed by atoms with Crippen LogP contribution < -0.4 is 15.0 Å². The van der Waals surface area contributed by atoms with E-state index in [1.54, 1.807) is 42.4 Å². The standard InChI is InChI=1S/C23H26ClFN4O3/c1-14(2)22-19(29(3)12-21(30)31)11-26-28-23(22)27-17-7-8-20(18(24)10-17)32-13-15-5-4-6-16(25)9-15/h6-11,14H,4-5,12-13H2,1-3H3,(H,27,28)(H,30,31). The zero-order chi connectivity index (χ0) is 23.3. The van der Waals surface area contributed by atoms with E-state index >= 15 is 0 Å². The number of nitrogens with one attached hydrogen (secondary N) is 1. The van der Waals surface area contributed by atoms with E-state index in [2.05, 4.69) is 15.5 Å². The van der Waals surface area contributed by atoms with Crippen LogP contribution in [0.3, 0.4) is 0 Å². The Bertz CT molecular complexity index is 1060. The number of carboxylic acid groups (broad SMARTS) is 1. The highest BCUT2D eigenvalue weighted by Crippen LogP contribution is 2.35. The number of carbonyl (C=O) groups is 1. The molecule has 1 aliphatic rings. The van der Waals surface area contributed by atoms with E-state index in [1.165, 1.54) is 6.08 Å². The number of ether oxygens (including phenoxy) is 1. The average Bonchev–Trinajstić information content (AvgIpc) is 2.72. The van der Waals surface area contributed by atoms with Gasteiger partial charge < -0.3 is 20.1 Å². The Labute approximate surface area is 191 Å². The first-order valence-corrected chi connectivity index (χ1v) is 10.7. The van der Waals surface area contributed by atoms with Crippen molar-refractivity contribution < 1.29 is 19.0 Å². The fraction of sp³-hybridized carbons (Fsp3) is 0.348. The molecule has 170 valence electrons. The number of allylic oxidation sites excluding steroid dienone is 3. The first kappa shape index (κ1) is 23.5. The third-order valence-corrected chi connectivity index (χ3v) is 5.28. The van der Waals surface area contributed by atoms with Crippen LogP contribution in [-0.2, 0) is 4.79 Å². The SMILES string of the molecule is CC(C)c1c(N(C)CC(=O)O)cnnc1Nc1ccc(OCC2=CC(F)=CCC2)c(Cl)c1. The minimum absolute atomic E-state index is 0.0653. The molecule has 1 heterocycles. The number of anilines is 3. The molecular weight excluding hydrogens is 435 g/mol. The lowest BCUT2D eigenvalue weighted by atomic mass is 10.0. The number of hydrogen-bond donors (Lipinski definition) is 2. The predicted molar refractivity (Wildman–Crippen MR) is 124 cm³/mol. The molecule has 0 saturated heterocycles. The Hall–Kier alpha value is -3.13. The molecule has 0 aliphatic heterocycles. The Morgan fingerprint density at radius 1 is 1.41 bits per heavy atom. The number of nitrogens with zero attached hydrogens (tertiary/aromatic N) is 3. The van der Waals surface area contributed by atoms with E-state index in [9.17, 15) is 9.18 Å². The highest BCUT2D eigenvalue weighted by atomic mass is 35.5. The maximum atomic E-state index is 13.4. The van der Waals surface area contributed by atoms with Crippen molar-refractivity contribution in [2.24, 2.45) is 0 Å². The van der Waals surface area contributed by atoms with E-state index in [0.717, 1.165) is 17.6 Å².